The number of benzene rings is 1. The van der Waals surface area contributed by atoms with Crippen molar-refractivity contribution in [1.82, 2.24) is 14.5 Å². The van der Waals surface area contributed by atoms with Crippen LogP contribution < -0.4 is 0 Å². The zero-order chi connectivity index (χ0) is 15.2. The predicted octanol–water partition coefficient (Wildman–Crippen LogP) is 2.59. The standard InChI is InChI=1S/C18H25N3O/c1-2-22-15-17-12-20(10-8-16-6-4-3-5-7-16)14-18-19-9-11-21(18)13-17/h3-7,9,11,17H,2,8,10,12-15H2,1H3. The van der Waals surface area contributed by atoms with E-state index in [0.29, 0.717) is 5.92 Å². The fourth-order valence-corrected chi connectivity index (χ4v) is 3.12. The lowest BCUT2D eigenvalue weighted by atomic mass is 10.1. The summed E-state index contributed by atoms with van der Waals surface area (Å²) in [6, 6.07) is 10.7. The first-order chi connectivity index (χ1) is 10.8. The number of ether oxygens (including phenoxy) is 1. The molecule has 118 valence electrons. The molecule has 1 aliphatic heterocycles. The van der Waals surface area contributed by atoms with Gasteiger partial charge in [-0.15, -0.1) is 0 Å². The highest BCUT2D eigenvalue weighted by Gasteiger charge is 2.22. The average molecular weight is 299 g/mol. The van der Waals surface area contributed by atoms with Crippen LogP contribution in [-0.4, -0.2) is 40.8 Å². The summed E-state index contributed by atoms with van der Waals surface area (Å²) >= 11 is 0. The van der Waals surface area contributed by atoms with Crippen molar-refractivity contribution in [2.45, 2.75) is 26.4 Å². The average Bonchev–Trinajstić information content (AvgIpc) is 2.91. The molecule has 3 rings (SSSR count). The molecule has 0 aliphatic carbocycles. The Balaban J connectivity index is 1.64. The normalized spacial score (nSPS) is 18.9. The molecule has 4 nitrogen and oxygen atoms in total. The zero-order valence-corrected chi connectivity index (χ0v) is 13.3. The molecule has 1 aliphatic rings. The fraction of sp³-hybridized carbons (Fsp3) is 0.500. The molecule has 0 saturated carbocycles. The van der Waals surface area contributed by atoms with Crippen LogP contribution in [-0.2, 0) is 24.2 Å². The van der Waals surface area contributed by atoms with Crippen molar-refractivity contribution in [1.29, 1.82) is 0 Å². The first-order valence-corrected chi connectivity index (χ1v) is 8.19. The van der Waals surface area contributed by atoms with Crippen molar-refractivity contribution in [2.75, 3.05) is 26.3 Å². The van der Waals surface area contributed by atoms with Crippen LogP contribution in [0.15, 0.2) is 42.7 Å². The number of hydrogen-bond donors (Lipinski definition) is 0. The summed E-state index contributed by atoms with van der Waals surface area (Å²) in [4.78, 5) is 7.03. The highest BCUT2D eigenvalue weighted by Crippen LogP contribution is 2.16. The molecule has 22 heavy (non-hydrogen) atoms. The monoisotopic (exact) mass is 299 g/mol. The molecule has 1 atom stereocenters. The second-order valence-corrected chi connectivity index (χ2v) is 5.99. The first-order valence-electron chi connectivity index (χ1n) is 8.19. The van der Waals surface area contributed by atoms with Gasteiger partial charge in [0.1, 0.15) is 5.82 Å². The van der Waals surface area contributed by atoms with Crippen molar-refractivity contribution in [3.8, 4) is 0 Å². The van der Waals surface area contributed by atoms with E-state index in [1.807, 2.05) is 6.20 Å². The van der Waals surface area contributed by atoms with Crippen LogP contribution in [0.3, 0.4) is 0 Å². The summed E-state index contributed by atoms with van der Waals surface area (Å²) in [5, 5.41) is 0. The maximum atomic E-state index is 5.67. The number of fused-ring (bicyclic) bond motifs is 1. The number of imidazole rings is 1. The van der Waals surface area contributed by atoms with Gasteiger partial charge in [-0.2, -0.15) is 0 Å². The maximum Gasteiger partial charge on any atom is 0.122 e. The van der Waals surface area contributed by atoms with Gasteiger partial charge in [0.25, 0.3) is 0 Å². The molecule has 0 bridgehead atoms. The van der Waals surface area contributed by atoms with E-state index >= 15 is 0 Å². The predicted molar refractivity (Wildman–Crippen MR) is 87.6 cm³/mol. The van der Waals surface area contributed by atoms with Gasteiger partial charge in [-0.3, -0.25) is 4.90 Å². The van der Waals surface area contributed by atoms with Crippen molar-refractivity contribution in [3.05, 3.63) is 54.1 Å². The molecule has 0 radical (unpaired) electrons. The third-order valence-corrected chi connectivity index (χ3v) is 4.26. The van der Waals surface area contributed by atoms with Crippen LogP contribution >= 0.6 is 0 Å². The third-order valence-electron chi connectivity index (χ3n) is 4.26. The van der Waals surface area contributed by atoms with Crippen molar-refractivity contribution in [2.24, 2.45) is 5.92 Å². The molecule has 0 fully saturated rings. The summed E-state index contributed by atoms with van der Waals surface area (Å²) < 4.78 is 7.95. The minimum Gasteiger partial charge on any atom is -0.381 e. The van der Waals surface area contributed by atoms with E-state index in [1.54, 1.807) is 0 Å². The van der Waals surface area contributed by atoms with Crippen LogP contribution in [0.2, 0.25) is 0 Å². The van der Waals surface area contributed by atoms with E-state index in [1.165, 1.54) is 11.4 Å². The molecule has 4 heteroatoms. The zero-order valence-electron chi connectivity index (χ0n) is 13.3. The maximum absolute atomic E-state index is 5.67. The van der Waals surface area contributed by atoms with E-state index in [4.69, 9.17) is 4.74 Å². The molecular formula is C18H25N3O. The van der Waals surface area contributed by atoms with Gasteiger partial charge in [0, 0.05) is 44.6 Å². The van der Waals surface area contributed by atoms with Gasteiger partial charge in [-0.1, -0.05) is 30.3 Å². The molecule has 1 aromatic heterocycles. The van der Waals surface area contributed by atoms with Crippen LogP contribution in [0.4, 0.5) is 0 Å². The molecule has 1 aromatic carbocycles. The number of nitrogens with zero attached hydrogens (tertiary/aromatic N) is 3. The molecule has 0 N–H and O–H groups in total. The Kier molecular flexibility index (Phi) is 5.24. The van der Waals surface area contributed by atoms with Gasteiger partial charge in [0.15, 0.2) is 0 Å². The SMILES string of the molecule is CCOCC1CN(CCc2ccccc2)Cc2nccn2C1. The van der Waals surface area contributed by atoms with Crippen LogP contribution in [0.1, 0.15) is 18.3 Å². The van der Waals surface area contributed by atoms with Crippen LogP contribution in [0, 0.1) is 5.92 Å². The lowest BCUT2D eigenvalue weighted by Gasteiger charge is -2.23. The number of hydrogen-bond acceptors (Lipinski definition) is 3. The molecular weight excluding hydrogens is 274 g/mol. The molecule has 0 saturated heterocycles. The van der Waals surface area contributed by atoms with Gasteiger partial charge >= 0.3 is 0 Å². The lowest BCUT2D eigenvalue weighted by molar-refractivity contribution is 0.0869. The first kappa shape index (κ1) is 15.3. The Morgan fingerprint density at radius 1 is 1.23 bits per heavy atom. The van der Waals surface area contributed by atoms with Crippen LogP contribution in [0.5, 0.6) is 0 Å². The summed E-state index contributed by atoms with van der Waals surface area (Å²) in [7, 11) is 0. The largest absolute Gasteiger partial charge is 0.381 e. The quantitative estimate of drug-likeness (QED) is 0.821. The summed E-state index contributed by atoms with van der Waals surface area (Å²) in [5.74, 6) is 1.71. The Labute approximate surface area is 132 Å². The minimum absolute atomic E-state index is 0.533. The highest BCUT2D eigenvalue weighted by molar-refractivity contribution is 5.15. The van der Waals surface area contributed by atoms with Gasteiger partial charge in [-0.25, -0.2) is 4.98 Å². The molecule has 0 spiro atoms. The lowest BCUT2D eigenvalue weighted by Crippen LogP contribution is -2.32. The number of rotatable bonds is 6. The van der Waals surface area contributed by atoms with Gasteiger partial charge in [-0.05, 0) is 18.9 Å². The van der Waals surface area contributed by atoms with E-state index in [2.05, 4.69) is 57.9 Å². The van der Waals surface area contributed by atoms with E-state index in [-0.39, 0.29) is 0 Å². The summed E-state index contributed by atoms with van der Waals surface area (Å²) in [5.41, 5.74) is 1.40. The van der Waals surface area contributed by atoms with E-state index < -0.39 is 0 Å². The van der Waals surface area contributed by atoms with Crippen molar-refractivity contribution in [3.63, 3.8) is 0 Å². The van der Waals surface area contributed by atoms with Gasteiger partial charge in [0.2, 0.25) is 0 Å². The Morgan fingerprint density at radius 2 is 2.09 bits per heavy atom. The topological polar surface area (TPSA) is 30.3 Å². The summed E-state index contributed by atoms with van der Waals surface area (Å²) in [6.45, 7) is 7.77. The Bertz CT molecular complexity index is 567. The minimum atomic E-state index is 0.533. The van der Waals surface area contributed by atoms with Gasteiger partial charge in [0.05, 0.1) is 13.2 Å². The van der Waals surface area contributed by atoms with E-state index in [9.17, 15) is 0 Å². The Morgan fingerprint density at radius 3 is 2.91 bits per heavy atom. The summed E-state index contributed by atoms with van der Waals surface area (Å²) in [6.07, 6.45) is 5.09. The highest BCUT2D eigenvalue weighted by atomic mass is 16.5. The second kappa shape index (κ2) is 7.56. The van der Waals surface area contributed by atoms with Crippen LogP contribution in [0.25, 0.3) is 0 Å². The third kappa shape index (κ3) is 3.96. The molecule has 0 amide bonds. The fourth-order valence-electron chi connectivity index (χ4n) is 3.12. The van der Waals surface area contributed by atoms with E-state index in [0.717, 1.165) is 45.8 Å². The van der Waals surface area contributed by atoms with Crippen molar-refractivity contribution < 1.29 is 4.74 Å². The van der Waals surface area contributed by atoms with Crippen molar-refractivity contribution >= 4 is 0 Å². The molecule has 2 aromatic rings. The van der Waals surface area contributed by atoms with Gasteiger partial charge < -0.3 is 9.30 Å². The number of aromatic nitrogens is 2. The molecule has 1 unspecified atom stereocenters. The second-order valence-electron chi connectivity index (χ2n) is 5.99. The molecule has 2 heterocycles. The smallest absolute Gasteiger partial charge is 0.122 e. The Hall–Kier alpha value is -1.65.